The summed E-state index contributed by atoms with van der Waals surface area (Å²) < 4.78 is 13.1. The van der Waals surface area contributed by atoms with Crippen LogP contribution in [0, 0.1) is 12.7 Å². The molecule has 1 aliphatic rings. The first-order valence-electron chi connectivity index (χ1n) is 9.15. The van der Waals surface area contributed by atoms with E-state index in [0.717, 1.165) is 5.69 Å². The molecule has 1 aromatic carbocycles. The normalized spacial score (nSPS) is 14.2. The number of amides is 1. The van der Waals surface area contributed by atoms with Crippen molar-refractivity contribution in [2.75, 3.05) is 36.4 Å². The smallest absolute Gasteiger partial charge is 0.266 e. The maximum atomic E-state index is 13.1. The molecule has 1 saturated heterocycles. The Morgan fingerprint density at radius 2 is 1.86 bits per heavy atom. The number of benzene rings is 1. The van der Waals surface area contributed by atoms with E-state index in [1.165, 1.54) is 23.5 Å². The Balaban J connectivity index is 1.40. The van der Waals surface area contributed by atoms with Gasteiger partial charge in [-0.1, -0.05) is 22.9 Å². The summed E-state index contributed by atoms with van der Waals surface area (Å²) in [5, 5.41) is 4.28. The highest BCUT2D eigenvalue weighted by Crippen LogP contribution is 2.27. The minimum atomic E-state index is -0.249. The average Bonchev–Trinajstić information content (AvgIpc) is 3.10. The second-order valence-corrected chi connectivity index (χ2v) is 8.11. The molecule has 3 heterocycles. The molecule has 1 amide bonds. The molecular weight excluding hydrogens is 413 g/mol. The topological polar surface area (TPSA) is 61.4 Å². The summed E-state index contributed by atoms with van der Waals surface area (Å²) >= 11 is 7.17. The van der Waals surface area contributed by atoms with Crippen molar-refractivity contribution in [2.24, 2.45) is 0 Å². The van der Waals surface area contributed by atoms with Crippen molar-refractivity contribution in [3.8, 4) is 0 Å². The van der Waals surface area contributed by atoms with Gasteiger partial charge in [-0.2, -0.15) is 0 Å². The predicted molar refractivity (Wildman–Crippen MR) is 114 cm³/mol. The highest BCUT2D eigenvalue weighted by atomic mass is 35.5. The molecule has 0 saturated carbocycles. The number of aryl methyl sites for hydroxylation is 1. The van der Waals surface area contributed by atoms with Gasteiger partial charge in [-0.05, 0) is 43.3 Å². The standard InChI is InChI=1S/C20H19ClFN5OS/c1-13-18(29-20(24-13)25-17-7-2-14(21)12-23-17)19(28)27-10-8-26(9-11-27)16-5-3-15(22)4-6-16/h2-7,12H,8-11H2,1H3,(H,23,24,25). The number of nitrogens with one attached hydrogen (secondary N) is 1. The number of aromatic nitrogens is 2. The molecule has 1 N–H and O–H groups in total. The lowest BCUT2D eigenvalue weighted by atomic mass is 10.2. The van der Waals surface area contributed by atoms with Crippen LogP contribution in [0.25, 0.3) is 0 Å². The first kappa shape index (κ1) is 19.6. The van der Waals surface area contributed by atoms with E-state index in [2.05, 4.69) is 20.2 Å². The fourth-order valence-corrected chi connectivity index (χ4v) is 4.22. The van der Waals surface area contributed by atoms with Gasteiger partial charge in [0.25, 0.3) is 5.91 Å². The van der Waals surface area contributed by atoms with E-state index in [-0.39, 0.29) is 11.7 Å². The maximum Gasteiger partial charge on any atom is 0.266 e. The number of carbonyl (C=O) groups excluding carboxylic acids is 1. The second kappa shape index (κ2) is 8.34. The Kier molecular flexibility index (Phi) is 5.64. The molecule has 29 heavy (non-hydrogen) atoms. The molecule has 6 nitrogen and oxygen atoms in total. The Morgan fingerprint density at radius 3 is 2.52 bits per heavy atom. The predicted octanol–water partition coefficient (Wildman–Crippen LogP) is 4.35. The van der Waals surface area contributed by atoms with E-state index in [1.54, 1.807) is 30.5 Å². The molecule has 0 bridgehead atoms. The largest absolute Gasteiger partial charge is 0.368 e. The minimum Gasteiger partial charge on any atom is -0.368 e. The van der Waals surface area contributed by atoms with Crippen molar-refractivity contribution < 1.29 is 9.18 Å². The van der Waals surface area contributed by atoms with E-state index in [1.807, 2.05) is 11.8 Å². The zero-order valence-corrected chi connectivity index (χ0v) is 17.3. The lowest BCUT2D eigenvalue weighted by Crippen LogP contribution is -2.48. The number of hydrogen-bond donors (Lipinski definition) is 1. The average molecular weight is 432 g/mol. The van der Waals surface area contributed by atoms with Gasteiger partial charge >= 0.3 is 0 Å². The van der Waals surface area contributed by atoms with E-state index in [0.29, 0.717) is 52.7 Å². The van der Waals surface area contributed by atoms with Crippen LogP contribution < -0.4 is 10.2 Å². The quantitative estimate of drug-likeness (QED) is 0.665. The molecular formula is C20H19ClFN5OS. The number of carbonyl (C=O) groups is 1. The monoisotopic (exact) mass is 431 g/mol. The maximum absolute atomic E-state index is 13.1. The van der Waals surface area contributed by atoms with E-state index < -0.39 is 0 Å². The van der Waals surface area contributed by atoms with Crippen molar-refractivity contribution >= 4 is 45.5 Å². The van der Waals surface area contributed by atoms with Crippen LogP contribution in [0.4, 0.5) is 21.0 Å². The number of halogens is 2. The number of nitrogens with zero attached hydrogens (tertiary/aromatic N) is 4. The molecule has 0 aliphatic carbocycles. The Hall–Kier alpha value is -2.71. The van der Waals surface area contributed by atoms with Crippen LogP contribution in [0.2, 0.25) is 5.02 Å². The van der Waals surface area contributed by atoms with Gasteiger partial charge in [0.15, 0.2) is 5.13 Å². The van der Waals surface area contributed by atoms with Crippen molar-refractivity contribution in [1.82, 2.24) is 14.9 Å². The summed E-state index contributed by atoms with van der Waals surface area (Å²) in [7, 11) is 0. The number of rotatable bonds is 4. The van der Waals surface area contributed by atoms with Gasteiger partial charge in [0.1, 0.15) is 16.5 Å². The van der Waals surface area contributed by atoms with Gasteiger partial charge in [-0.15, -0.1) is 0 Å². The molecule has 1 fully saturated rings. The van der Waals surface area contributed by atoms with Crippen molar-refractivity contribution in [2.45, 2.75) is 6.92 Å². The molecule has 150 valence electrons. The Labute approximate surface area is 177 Å². The lowest BCUT2D eigenvalue weighted by molar-refractivity contribution is 0.0750. The minimum absolute atomic E-state index is 0.0177. The molecule has 3 aromatic rings. The lowest BCUT2D eigenvalue weighted by Gasteiger charge is -2.36. The molecule has 0 atom stereocenters. The Bertz CT molecular complexity index is 1000. The number of hydrogen-bond acceptors (Lipinski definition) is 6. The van der Waals surface area contributed by atoms with Gasteiger partial charge in [-0.25, -0.2) is 14.4 Å². The highest BCUT2D eigenvalue weighted by Gasteiger charge is 2.25. The van der Waals surface area contributed by atoms with Crippen molar-refractivity contribution in [3.63, 3.8) is 0 Å². The fourth-order valence-electron chi connectivity index (χ4n) is 3.17. The van der Waals surface area contributed by atoms with Crippen LogP contribution in [0.15, 0.2) is 42.6 Å². The molecule has 1 aliphatic heterocycles. The third kappa shape index (κ3) is 4.49. The first-order chi connectivity index (χ1) is 14.0. The van der Waals surface area contributed by atoms with E-state index in [4.69, 9.17) is 11.6 Å². The second-order valence-electron chi connectivity index (χ2n) is 6.68. The molecule has 2 aromatic heterocycles. The zero-order valence-electron chi connectivity index (χ0n) is 15.7. The summed E-state index contributed by atoms with van der Waals surface area (Å²) in [6, 6.07) is 9.94. The van der Waals surface area contributed by atoms with Crippen LogP contribution in [0.5, 0.6) is 0 Å². The summed E-state index contributed by atoms with van der Waals surface area (Å²) in [5.74, 6) is 0.354. The van der Waals surface area contributed by atoms with Gasteiger partial charge in [0.2, 0.25) is 0 Å². The van der Waals surface area contributed by atoms with Gasteiger partial charge in [0, 0.05) is 38.1 Å². The number of thiazole rings is 1. The molecule has 0 radical (unpaired) electrons. The molecule has 0 unspecified atom stereocenters. The van der Waals surface area contributed by atoms with Gasteiger partial charge < -0.3 is 15.1 Å². The summed E-state index contributed by atoms with van der Waals surface area (Å²) in [6.07, 6.45) is 1.55. The molecule has 9 heteroatoms. The number of piperazine rings is 1. The number of anilines is 3. The van der Waals surface area contributed by atoms with E-state index in [9.17, 15) is 9.18 Å². The summed E-state index contributed by atoms with van der Waals surface area (Å²) in [5.41, 5.74) is 1.66. The first-order valence-corrected chi connectivity index (χ1v) is 10.3. The third-order valence-corrected chi connectivity index (χ3v) is 6.00. The van der Waals surface area contributed by atoms with E-state index >= 15 is 0 Å². The van der Waals surface area contributed by atoms with Gasteiger partial charge in [-0.3, -0.25) is 4.79 Å². The number of pyridine rings is 1. The van der Waals surface area contributed by atoms with Crippen LogP contribution in [-0.2, 0) is 0 Å². The van der Waals surface area contributed by atoms with Crippen LogP contribution in [0.3, 0.4) is 0 Å². The fraction of sp³-hybridized carbons (Fsp3) is 0.250. The van der Waals surface area contributed by atoms with Crippen LogP contribution in [0.1, 0.15) is 15.4 Å². The summed E-state index contributed by atoms with van der Waals surface area (Å²) in [6.45, 7) is 4.45. The summed E-state index contributed by atoms with van der Waals surface area (Å²) in [4.78, 5) is 26.2. The van der Waals surface area contributed by atoms with Crippen molar-refractivity contribution in [3.05, 3.63) is 64.0 Å². The molecule has 4 rings (SSSR count). The van der Waals surface area contributed by atoms with Gasteiger partial charge in [0.05, 0.1) is 10.7 Å². The SMILES string of the molecule is Cc1nc(Nc2ccc(Cl)cn2)sc1C(=O)N1CCN(c2ccc(F)cc2)CC1. The van der Waals surface area contributed by atoms with Crippen molar-refractivity contribution in [1.29, 1.82) is 0 Å². The molecule has 0 spiro atoms. The highest BCUT2D eigenvalue weighted by molar-refractivity contribution is 7.17. The Morgan fingerprint density at radius 1 is 1.14 bits per heavy atom. The van der Waals surface area contributed by atoms with Crippen LogP contribution >= 0.6 is 22.9 Å². The third-order valence-electron chi connectivity index (χ3n) is 4.71. The zero-order chi connectivity index (χ0) is 20.4. The van der Waals surface area contributed by atoms with Crippen LogP contribution in [-0.4, -0.2) is 47.0 Å².